The number of unbranched alkanes of at least 4 members (excludes halogenated alkanes) is 35. The van der Waals surface area contributed by atoms with E-state index in [1.807, 2.05) is 0 Å². The Labute approximate surface area is 416 Å². The number of carbonyl (C=O) groups excluding carboxylic acids is 3. The van der Waals surface area contributed by atoms with Crippen LogP contribution in [0, 0.1) is 0 Å². The van der Waals surface area contributed by atoms with E-state index in [2.05, 4.69) is 69.4 Å². The zero-order chi connectivity index (χ0) is 48.6. The van der Waals surface area contributed by atoms with Gasteiger partial charge in [-0.05, 0) is 77.0 Å². The molecular formula is C61H110O6. The lowest BCUT2D eigenvalue weighted by Gasteiger charge is -2.18. The van der Waals surface area contributed by atoms with Crippen LogP contribution >= 0.6 is 0 Å². The molecule has 1 unspecified atom stereocenters. The van der Waals surface area contributed by atoms with E-state index < -0.39 is 6.10 Å². The normalized spacial score (nSPS) is 12.3. The molecular weight excluding hydrogens is 829 g/mol. The van der Waals surface area contributed by atoms with Crippen molar-refractivity contribution in [1.82, 2.24) is 0 Å². The van der Waals surface area contributed by atoms with Crippen LogP contribution in [-0.4, -0.2) is 37.2 Å². The highest BCUT2D eigenvalue weighted by molar-refractivity contribution is 5.71. The van der Waals surface area contributed by atoms with Crippen LogP contribution in [0.4, 0.5) is 0 Å². The van der Waals surface area contributed by atoms with Gasteiger partial charge in [0.15, 0.2) is 6.10 Å². The number of esters is 3. The van der Waals surface area contributed by atoms with E-state index in [1.54, 1.807) is 0 Å². The molecule has 0 aromatic heterocycles. The molecule has 0 aromatic rings. The minimum atomic E-state index is -0.779. The first-order valence-electron chi connectivity index (χ1n) is 29.2. The summed E-state index contributed by atoms with van der Waals surface area (Å²) in [6.07, 6.45) is 68.1. The van der Waals surface area contributed by atoms with Crippen molar-refractivity contribution >= 4 is 17.9 Å². The van der Waals surface area contributed by atoms with E-state index in [1.165, 1.54) is 186 Å². The summed E-state index contributed by atoms with van der Waals surface area (Å²) < 4.78 is 16.9. The van der Waals surface area contributed by atoms with Crippen molar-refractivity contribution < 1.29 is 28.6 Å². The first-order valence-corrected chi connectivity index (χ1v) is 29.2. The second-order valence-electron chi connectivity index (χ2n) is 19.6. The van der Waals surface area contributed by atoms with Crippen LogP contribution in [0.5, 0.6) is 0 Å². The van der Waals surface area contributed by atoms with Gasteiger partial charge in [-0.2, -0.15) is 0 Å². The van der Waals surface area contributed by atoms with Gasteiger partial charge in [-0.1, -0.05) is 256 Å². The third-order valence-corrected chi connectivity index (χ3v) is 12.8. The second kappa shape index (κ2) is 56.0. The molecule has 390 valence electrons. The molecule has 1 atom stereocenters. The van der Waals surface area contributed by atoms with Gasteiger partial charge in [0.25, 0.3) is 0 Å². The molecule has 0 aliphatic heterocycles. The van der Waals surface area contributed by atoms with Crippen LogP contribution in [0.1, 0.15) is 303 Å². The van der Waals surface area contributed by atoms with Gasteiger partial charge in [-0.3, -0.25) is 14.4 Å². The van der Waals surface area contributed by atoms with Crippen molar-refractivity contribution in [3.63, 3.8) is 0 Å². The van der Waals surface area contributed by atoms with Crippen molar-refractivity contribution in [3.8, 4) is 0 Å². The predicted molar refractivity (Wildman–Crippen MR) is 289 cm³/mol. The summed E-state index contributed by atoms with van der Waals surface area (Å²) in [6.45, 7) is 6.61. The maximum absolute atomic E-state index is 12.9. The van der Waals surface area contributed by atoms with Crippen LogP contribution in [0.25, 0.3) is 0 Å². The van der Waals surface area contributed by atoms with Crippen molar-refractivity contribution in [3.05, 3.63) is 48.6 Å². The Bertz CT molecular complexity index is 1170. The van der Waals surface area contributed by atoms with Gasteiger partial charge >= 0.3 is 17.9 Å². The first-order chi connectivity index (χ1) is 33.0. The number of hydrogen-bond acceptors (Lipinski definition) is 6. The quantitative estimate of drug-likeness (QED) is 0.0199. The zero-order valence-electron chi connectivity index (χ0n) is 44.7. The van der Waals surface area contributed by atoms with Gasteiger partial charge in [0.05, 0.1) is 0 Å². The summed E-state index contributed by atoms with van der Waals surface area (Å²) in [7, 11) is 0. The molecule has 0 bridgehead atoms. The molecule has 0 aliphatic rings. The summed E-state index contributed by atoms with van der Waals surface area (Å²) >= 11 is 0. The van der Waals surface area contributed by atoms with Gasteiger partial charge in [-0.25, -0.2) is 0 Å². The largest absolute Gasteiger partial charge is 0.462 e. The van der Waals surface area contributed by atoms with E-state index in [9.17, 15) is 14.4 Å². The number of ether oxygens (including phenoxy) is 3. The molecule has 0 amide bonds. The summed E-state index contributed by atoms with van der Waals surface area (Å²) in [5, 5.41) is 0. The number of carbonyl (C=O) groups is 3. The van der Waals surface area contributed by atoms with E-state index in [-0.39, 0.29) is 31.1 Å². The lowest BCUT2D eigenvalue weighted by molar-refractivity contribution is -0.167. The van der Waals surface area contributed by atoms with Crippen molar-refractivity contribution in [2.75, 3.05) is 13.2 Å². The van der Waals surface area contributed by atoms with Crippen LogP contribution in [0.3, 0.4) is 0 Å². The number of rotatable bonds is 53. The molecule has 0 heterocycles. The predicted octanol–water partition coefficient (Wildman–Crippen LogP) is 19.4. The Morgan fingerprint density at radius 3 is 0.940 bits per heavy atom. The van der Waals surface area contributed by atoms with Gasteiger partial charge < -0.3 is 14.2 Å². The van der Waals surface area contributed by atoms with Crippen LogP contribution < -0.4 is 0 Å². The summed E-state index contributed by atoms with van der Waals surface area (Å²) in [6, 6.07) is 0. The third-order valence-electron chi connectivity index (χ3n) is 12.8. The van der Waals surface area contributed by atoms with Crippen molar-refractivity contribution in [2.24, 2.45) is 0 Å². The van der Waals surface area contributed by atoms with Crippen LogP contribution in [0.2, 0.25) is 0 Å². The Morgan fingerprint density at radius 2 is 0.582 bits per heavy atom. The van der Waals surface area contributed by atoms with E-state index in [0.29, 0.717) is 19.3 Å². The molecule has 0 aliphatic carbocycles. The molecule has 0 N–H and O–H groups in total. The molecule has 6 nitrogen and oxygen atoms in total. The maximum Gasteiger partial charge on any atom is 0.306 e. The highest BCUT2D eigenvalue weighted by Crippen LogP contribution is 2.16. The SMILES string of the molecule is CCCCC/C=C\C=C/CCCCCCCCC(=O)OCC(COC(=O)CCCCCCCCC/C=C\C/C=C\CCCCC)OC(=O)CCCCCCCCCCCCCCCCCCC. The molecule has 6 heteroatoms. The molecule has 0 rings (SSSR count). The van der Waals surface area contributed by atoms with Crippen LogP contribution in [0.15, 0.2) is 48.6 Å². The average Bonchev–Trinajstić information content (AvgIpc) is 3.33. The molecule has 0 aromatic carbocycles. The minimum absolute atomic E-state index is 0.0783. The molecule has 67 heavy (non-hydrogen) atoms. The smallest absolute Gasteiger partial charge is 0.306 e. The van der Waals surface area contributed by atoms with Gasteiger partial charge in [-0.15, -0.1) is 0 Å². The Balaban J connectivity index is 4.38. The fourth-order valence-corrected chi connectivity index (χ4v) is 8.41. The van der Waals surface area contributed by atoms with Gasteiger partial charge in [0.1, 0.15) is 13.2 Å². The molecule has 0 saturated carbocycles. The summed E-state index contributed by atoms with van der Waals surface area (Å²) in [4.78, 5) is 38.2. The molecule has 0 fully saturated rings. The summed E-state index contributed by atoms with van der Waals surface area (Å²) in [5.41, 5.74) is 0. The number of allylic oxidation sites excluding steroid dienone is 8. The lowest BCUT2D eigenvalue weighted by Crippen LogP contribution is -2.30. The fourth-order valence-electron chi connectivity index (χ4n) is 8.41. The zero-order valence-corrected chi connectivity index (χ0v) is 44.7. The monoisotopic (exact) mass is 939 g/mol. The standard InChI is InChI=1S/C61H110O6/c1-4-7-10-13-16-19-22-25-28-30-33-36-39-42-45-48-51-54-60(63)66-57-58(56-65-59(62)53-50-47-44-41-38-35-32-27-24-21-18-15-12-9-6-3)67-61(64)55-52-49-46-43-40-37-34-31-29-26-23-20-17-14-11-8-5-2/h16,18-19,21,24-25,27-28,58H,4-15,17,20,22-23,26,29-57H2,1-3H3/b19-16-,21-18-,27-24-,28-25-. The van der Waals surface area contributed by atoms with Crippen molar-refractivity contribution in [1.29, 1.82) is 0 Å². The second-order valence-corrected chi connectivity index (χ2v) is 19.6. The molecule has 0 saturated heterocycles. The summed E-state index contributed by atoms with van der Waals surface area (Å²) in [5.74, 6) is -0.881. The fraction of sp³-hybridized carbons (Fsp3) is 0.820. The average molecular weight is 940 g/mol. The van der Waals surface area contributed by atoms with E-state index in [0.717, 1.165) is 77.0 Å². The highest BCUT2D eigenvalue weighted by Gasteiger charge is 2.19. The lowest BCUT2D eigenvalue weighted by atomic mass is 10.0. The third kappa shape index (κ3) is 54.2. The minimum Gasteiger partial charge on any atom is -0.462 e. The van der Waals surface area contributed by atoms with Crippen LogP contribution in [-0.2, 0) is 28.6 Å². The Kier molecular flexibility index (Phi) is 53.8. The van der Waals surface area contributed by atoms with E-state index >= 15 is 0 Å². The molecule has 0 spiro atoms. The van der Waals surface area contributed by atoms with Gasteiger partial charge in [0.2, 0.25) is 0 Å². The number of hydrogen-bond donors (Lipinski definition) is 0. The van der Waals surface area contributed by atoms with Gasteiger partial charge in [0, 0.05) is 19.3 Å². The highest BCUT2D eigenvalue weighted by atomic mass is 16.6. The van der Waals surface area contributed by atoms with E-state index in [4.69, 9.17) is 14.2 Å². The maximum atomic E-state index is 12.9. The molecule has 0 radical (unpaired) electrons. The Morgan fingerprint density at radius 1 is 0.313 bits per heavy atom. The Hall–Kier alpha value is -2.63. The first kappa shape index (κ1) is 64.4. The topological polar surface area (TPSA) is 78.9 Å². The van der Waals surface area contributed by atoms with Crippen molar-refractivity contribution in [2.45, 2.75) is 309 Å².